The second-order valence-corrected chi connectivity index (χ2v) is 7.97. The van der Waals surface area contributed by atoms with Crippen LogP contribution in [0.4, 0.5) is 10.8 Å². The maximum atomic E-state index is 6.02. The number of nitrogen functional groups attached to an aromatic ring is 1. The van der Waals surface area contributed by atoms with E-state index < -0.39 is 0 Å². The summed E-state index contributed by atoms with van der Waals surface area (Å²) in [6.45, 7) is 5.72. The molecular formula is C19H18N6S2. The van der Waals surface area contributed by atoms with E-state index in [2.05, 4.69) is 43.1 Å². The van der Waals surface area contributed by atoms with Gasteiger partial charge in [-0.3, -0.25) is 5.43 Å². The van der Waals surface area contributed by atoms with Crippen molar-refractivity contribution in [1.29, 1.82) is 0 Å². The third-order valence-corrected chi connectivity index (χ3v) is 5.99. The van der Waals surface area contributed by atoms with Gasteiger partial charge in [-0.25, -0.2) is 9.97 Å². The van der Waals surface area contributed by atoms with Crippen LogP contribution < -0.4 is 11.2 Å². The SMILES string of the molecule is C/C(=N/Nc1nc(C)nc2sc(-c3ccccc3)cc12)c1c(C)nsc1N. The van der Waals surface area contributed by atoms with E-state index in [9.17, 15) is 0 Å². The van der Waals surface area contributed by atoms with Gasteiger partial charge in [-0.15, -0.1) is 11.3 Å². The molecule has 136 valence electrons. The molecule has 3 heterocycles. The summed E-state index contributed by atoms with van der Waals surface area (Å²) in [5, 5.41) is 6.12. The van der Waals surface area contributed by atoms with Crippen molar-refractivity contribution in [3.63, 3.8) is 0 Å². The van der Waals surface area contributed by atoms with Crippen LogP contribution in [0.2, 0.25) is 0 Å². The number of thiophene rings is 1. The largest absolute Gasteiger partial charge is 0.389 e. The van der Waals surface area contributed by atoms with E-state index in [-0.39, 0.29) is 0 Å². The molecule has 27 heavy (non-hydrogen) atoms. The highest BCUT2D eigenvalue weighted by molar-refractivity contribution is 7.21. The first kappa shape index (κ1) is 17.6. The Labute approximate surface area is 165 Å². The van der Waals surface area contributed by atoms with Gasteiger partial charge in [-0.05, 0) is 43.9 Å². The first-order chi connectivity index (χ1) is 13.0. The molecule has 0 saturated carbocycles. The van der Waals surface area contributed by atoms with Gasteiger partial charge in [-0.1, -0.05) is 30.3 Å². The van der Waals surface area contributed by atoms with Crippen molar-refractivity contribution in [1.82, 2.24) is 14.3 Å². The summed E-state index contributed by atoms with van der Waals surface area (Å²) in [6, 6.07) is 12.4. The Morgan fingerprint density at radius 2 is 1.93 bits per heavy atom. The number of aryl methyl sites for hydroxylation is 2. The highest BCUT2D eigenvalue weighted by Crippen LogP contribution is 2.35. The Bertz CT molecular complexity index is 1120. The Morgan fingerprint density at radius 3 is 2.63 bits per heavy atom. The molecule has 4 rings (SSSR count). The molecule has 3 aromatic heterocycles. The molecule has 3 N–H and O–H groups in total. The molecule has 0 amide bonds. The van der Waals surface area contributed by atoms with Crippen molar-refractivity contribution in [3.05, 3.63) is 53.5 Å². The van der Waals surface area contributed by atoms with Crippen LogP contribution in [0.3, 0.4) is 0 Å². The predicted molar refractivity (Wildman–Crippen MR) is 115 cm³/mol. The molecule has 0 bridgehead atoms. The fraction of sp³-hybridized carbons (Fsp3) is 0.158. The van der Waals surface area contributed by atoms with Gasteiger partial charge < -0.3 is 5.73 Å². The number of anilines is 2. The van der Waals surface area contributed by atoms with Gasteiger partial charge in [0.25, 0.3) is 0 Å². The summed E-state index contributed by atoms with van der Waals surface area (Å²) in [6.07, 6.45) is 0. The minimum atomic E-state index is 0.668. The molecule has 0 atom stereocenters. The van der Waals surface area contributed by atoms with E-state index in [1.807, 2.05) is 39.0 Å². The molecule has 0 aliphatic carbocycles. The van der Waals surface area contributed by atoms with Crippen LogP contribution >= 0.6 is 22.9 Å². The lowest BCUT2D eigenvalue weighted by atomic mass is 10.2. The summed E-state index contributed by atoms with van der Waals surface area (Å²) >= 11 is 2.93. The maximum absolute atomic E-state index is 6.02. The van der Waals surface area contributed by atoms with E-state index in [4.69, 9.17) is 5.73 Å². The van der Waals surface area contributed by atoms with Gasteiger partial charge in [0.15, 0.2) is 5.82 Å². The number of nitrogens with zero attached hydrogens (tertiary/aromatic N) is 4. The average molecular weight is 395 g/mol. The van der Waals surface area contributed by atoms with Crippen molar-refractivity contribution >= 4 is 49.6 Å². The Balaban J connectivity index is 1.73. The van der Waals surface area contributed by atoms with E-state index in [1.165, 1.54) is 11.5 Å². The molecule has 0 saturated heterocycles. The number of hydrazone groups is 1. The van der Waals surface area contributed by atoms with Crippen LogP contribution in [0.15, 0.2) is 41.5 Å². The van der Waals surface area contributed by atoms with Crippen molar-refractivity contribution in [2.24, 2.45) is 5.10 Å². The number of fused-ring (bicyclic) bond motifs is 1. The average Bonchev–Trinajstić information content (AvgIpc) is 3.23. The van der Waals surface area contributed by atoms with Gasteiger partial charge in [-0.2, -0.15) is 9.47 Å². The molecule has 8 heteroatoms. The van der Waals surface area contributed by atoms with Gasteiger partial charge in [0.2, 0.25) is 0 Å². The molecule has 0 aliphatic rings. The Hall–Kier alpha value is -2.84. The summed E-state index contributed by atoms with van der Waals surface area (Å²) < 4.78 is 4.28. The number of rotatable bonds is 4. The van der Waals surface area contributed by atoms with Gasteiger partial charge in [0.1, 0.15) is 15.7 Å². The maximum Gasteiger partial charge on any atom is 0.158 e. The zero-order valence-corrected chi connectivity index (χ0v) is 16.8. The molecule has 0 fully saturated rings. The summed E-state index contributed by atoms with van der Waals surface area (Å²) in [5.41, 5.74) is 12.8. The van der Waals surface area contributed by atoms with Crippen molar-refractivity contribution in [3.8, 4) is 10.4 Å². The van der Waals surface area contributed by atoms with E-state index >= 15 is 0 Å². The predicted octanol–water partition coefficient (Wildman–Crippen LogP) is 4.85. The minimum absolute atomic E-state index is 0.668. The Morgan fingerprint density at radius 1 is 1.15 bits per heavy atom. The van der Waals surface area contributed by atoms with Crippen molar-refractivity contribution in [2.75, 3.05) is 11.2 Å². The summed E-state index contributed by atoms with van der Waals surface area (Å²) in [7, 11) is 0. The number of aromatic nitrogens is 3. The highest BCUT2D eigenvalue weighted by atomic mass is 32.1. The molecule has 0 unspecified atom stereocenters. The number of nitrogens with one attached hydrogen (secondary N) is 1. The second kappa shape index (κ2) is 7.05. The van der Waals surface area contributed by atoms with Crippen molar-refractivity contribution in [2.45, 2.75) is 20.8 Å². The monoisotopic (exact) mass is 394 g/mol. The van der Waals surface area contributed by atoms with Crippen molar-refractivity contribution < 1.29 is 0 Å². The van der Waals surface area contributed by atoms with Gasteiger partial charge in [0, 0.05) is 4.88 Å². The standard InChI is InChI=1S/C19H18N6S2/c1-10(16-11(2)25-27-17(16)20)23-24-18-14-9-15(13-7-5-4-6-8-13)26-19(14)22-12(3)21-18/h4-9H,20H2,1-3H3,(H,21,22,24)/b23-10-. The van der Waals surface area contributed by atoms with E-state index in [0.29, 0.717) is 16.6 Å². The zero-order valence-electron chi connectivity index (χ0n) is 15.1. The van der Waals surface area contributed by atoms with Crippen LogP contribution in [0.5, 0.6) is 0 Å². The van der Waals surface area contributed by atoms with E-state index in [0.717, 1.165) is 37.6 Å². The smallest absolute Gasteiger partial charge is 0.158 e. The van der Waals surface area contributed by atoms with Crippen LogP contribution in [-0.2, 0) is 0 Å². The normalized spacial score (nSPS) is 11.9. The van der Waals surface area contributed by atoms with E-state index in [1.54, 1.807) is 11.3 Å². The molecule has 0 radical (unpaired) electrons. The first-order valence-electron chi connectivity index (χ1n) is 8.39. The summed E-state index contributed by atoms with van der Waals surface area (Å²) in [4.78, 5) is 11.2. The number of hydrogen-bond acceptors (Lipinski definition) is 8. The van der Waals surface area contributed by atoms with Gasteiger partial charge >= 0.3 is 0 Å². The molecule has 0 aliphatic heterocycles. The number of nitrogens with two attached hydrogens (primary N) is 1. The second-order valence-electron chi connectivity index (χ2n) is 6.13. The van der Waals surface area contributed by atoms with Crippen LogP contribution in [-0.4, -0.2) is 20.1 Å². The zero-order chi connectivity index (χ0) is 19.0. The van der Waals surface area contributed by atoms with Crippen LogP contribution in [0.25, 0.3) is 20.7 Å². The highest BCUT2D eigenvalue weighted by Gasteiger charge is 2.13. The van der Waals surface area contributed by atoms with Crippen LogP contribution in [0, 0.1) is 13.8 Å². The van der Waals surface area contributed by atoms with Gasteiger partial charge in [0.05, 0.1) is 22.4 Å². The topological polar surface area (TPSA) is 89.1 Å². The fourth-order valence-corrected chi connectivity index (χ4v) is 4.67. The quantitative estimate of drug-likeness (QED) is 0.381. The molecule has 1 aromatic carbocycles. The lowest BCUT2D eigenvalue weighted by Gasteiger charge is -2.05. The first-order valence-corrected chi connectivity index (χ1v) is 9.98. The molecule has 6 nitrogen and oxygen atoms in total. The summed E-state index contributed by atoms with van der Waals surface area (Å²) in [5.74, 6) is 1.39. The fourth-order valence-electron chi connectivity index (χ4n) is 2.88. The third-order valence-electron chi connectivity index (χ3n) is 4.14. The number of hydrogen-bond donors (Lipinski definition) is 2. The number of benzene rings is 1. The molecule has 4 aromatic rings. The lowest BCUT2D eigenvalue weighted by molar-refractivity contribution is 1.08. The van der Waals surface area contributed by atoms with Crippen LogP contribution in [0.1, 0.15) is 24.0 Å². The molecule has 0 spiro atoms. The Kier molecular flexibility index (Phi) is 4.59. The molecular weight excluding hydrogens is 376 g/mol. The third kappa shape index (κ3) is 3.41. The minimum Gasteiger partial charge on any atom is -0.389 e. The lowest BCUT2D eigenvalue weighted by Crippen LogP contribution is -2.04.